The van der Waals surface area contributed by atoms with Crippen molar-refractivity contribution in [1.82, 2.24) is 34.3 Å². The normalized spacial score (nSPS) is 14.4. The number of aryl methyl sites for hydroxylation is 1. The highest BCUT2D eigenvalue weighted by atomic mass is 35.5. The summed E-state index contributed by atoms with van der Waals surface area (Å²) in [6, 6.07) is 18.7. The number of halogens is 2. The molecule has 1 aliphatic rings. The number of benzene rings is 2. The average molecular weight is 859 g/mol. The van der Waals surface area contributed by atoms with E-state index in [1.807, 2.05) is 81.4 Å². The summed E-state index contributed by atoms with van der Waals surface area (Å²) in [6.07, 6.45) is 3.17. The number of ether oxygens (including phenoxy) is 2. The van der Waals surface area contributed by atoms with Gasteiger partial charge in [0.15, 0.2) is 5.65 Å². The van der Waals surface area contributed by atoms with Crippen LogP contribution in [0.2, 0.25) is 10.0 Å². The van der Waals surface area contributed by atoms with Crippen LogP contribution >= 0.6 is 23.2 Å². The van der Waals surface area contributed by atoms with Crippen LogP contribution in [0.25, 0.3) is 39.2 Å². The van der Waals surface area contributed by atoms with E-state index in [2.05, 4.69) is 43.0 Å². The Morgan fingerprint density at radius 2 is 1.57 bits per heavy atom. The minimum atomic E-state index is -0.704. The molecule has 1 atom stereocenters. The SMILES string of the molecule is COc1nc(-c2cccc(-c3cccc(-c4ccc5nn(CCCN(CC(C)C)CC(C)C)c(=O)n5c4)c3Cl)c2Cl)ccc1CN(C[C@@H]1CCC(=O)N1)C(=O)OC(C)(C)C. The van der Waals surface area contributed by atoms with Crippen molar-refractivity contribution in [1.29, 1.82) is 0 Å². The fraction of sp³-hybridized carbons (Fsp3) is 0.457. The van der Waals surface area contributed by atoms with Crippen molar-refractivity contribution in [2.45, 2.75) is 92.5 Å². The number of carbonyl (C=O) groups excluding carboxylic acids is 2. The van der Waals surface area contributed by atoms with Gasteiger partial charge in [0.2, 0.25) is 11.8 Å². The maximum absolute atomic E-state index is 13.6. The molecule has 0 saturated carbocycles. The van der Waals surface area contributed by atoms with Crippen LogP contribution in [0.5, 0.6) is 5.88 Å². The summed E-state index contributed by atoms with van der Waals surface area (Å²) in [5.41, 5.74) is 4.49. The second-order valence-corrected chi connectivity index (χ2v) is 18.2. The molecule has 0 bridgehead atoms. The summed E-state index contributed by atoms with van der Waals surface area (Å²) in [5, 5.41) is 8.49. The average Bonchev–Trinajstić information content (AvgIpc) is 3.74. The van der Waals surface area contributed by atoms with E-state index < -0.39 is 11.7 Å². The van der Waals surface area contributed by atoms with Crippen molar-refractivity contribution in [2.75, 3.05) is 33.3 Å². The highest BCUT2D eigenvalue weighted by Crippen LogP contribution is 2.42. The van der Waals surface area contributed by atoms with E-state index in [9.17, 15) is 14.4 Å². The Labute approximate surface area is 362 Å². The fourth-order valence-electron chi connectivity index (χ4n) is 7.69. The first-order chi connectivity index (χ1) is 28.5. The summed E-state index contributed by atoms with van der Waals surface area (Å²) >= 11 is 14.4. The van der Waals surface area contributed by atoms with Gasteiger partial charge in [-0.25, -0.2) is 23.7 Å². The highest BCUT2D eigenvalue weighted by molar-refractivity contribution is 6.39. The van der Waals surface area contributed by atoms with Gasteiger partial charge in [-0.3, -0.25) is 4.79 Å². The maximum atomic E-state index is 13.6. The largest absolute Gasteiger partial charge is 0.481 e. The molecule has 5 aromatic rings. The third-order valence-corrected chi connectivity index (χ3v) is 11.0. The molecule has 1 fully saturated rings. The second-order valence-electron chi connectivity index (χ2n) is 17.4. The van der Waals surface area contributed by atoms with Gasteiger partial charge in [-0.2, -0.15) is 0 Å². The number of nitrogens with zero attached hydrogens (tertiary/aromatic N) is 6. The van der Waals surface area contributed by atoms with Gasteiger partial charge in [0.25, 0.3) is 0 Å². The van der Waals surface area contributed by atoms with Crippen LogP contribution in [0, 0.1) is 11.8 Å². The summed E-state index contributed by atoms with van der Waals surface area (Å²) in [6.45, 7) is 18.3. The molecule has 0 spiro atoms. The number of aromatic nitrogens is 4. The van der Waals surface area contributed by atoms with E-state index in [0.717, 1.165) is 37.2 Å². The molecule has 14 heteroatoms. The third-order valence-electron chi connectivity index (χ3n) is 10.2. The molecule has 0 unspecified atom stereocenters. The van der Waals surface area contributed by atoms with Crippen molar-refractivity contribution in [3.8, 4) is 39.4 Å². The van der Waals surface area contributed by atoms with E-state index in [1.165, 1.54) is 7.11 Å². The van der Waals surface area contributed by atoms with Crippen LogP contribution in [-0.4, -0.2) is 85.9 Å². The number of hydrogen-bond acceptors (Lipinski definition) is 8. The summed E-state index contributed by atoms with van der Waals surface area (Å²) in [5.74, 6) is 1.43. The maximum Gasteiger partial charge on any atom is 0.410 e. The predicted octanol–water partition coefficient (Wildman–Crippen LogP) is 9.23. The Bertz CT molecular complexity index is 2380. The topological polar surface area (TPSA) is 123 Å². The molecule has 12 nitrogen and oxygen atoms in total. The Morgan fingerprint density at radius 3 is 2.18 bits per heavy atom. The number of pyridine rings is 2. The molecule has 0 aliphatic carbocycles. The van der Waals surface area contributed by atoms with Crippen molar-refractivity contribution < 1.29 is 19.1 Å². The molecule has 2 aromatic carbocycles. The number of methoxy groups -OCH3 is 1. The Balaban J connectivity index is 1.24. The van der Waals surface area contributed by atoms with Crippen LogP contribution in [0.15, 0.2) is 71.7 Å². The zero-order valence-electron chi connectivity index (χ0n) is 35.9. The number of amides is 2. The Morgan fingerprint density at radius 1 is 0.917 bits per heavy atom. The predicted molar refractivity (Wildman–Crippen MR) is 239 cm³/mol. The summed E-state index contributed by atoms with van der Waals surface area (Å²) in [4.78, 5) is 47.7. The number of nitrogens with one attached hydrogen (secondary N) is 1. The highest BCUT2D eigenvalue weighted by Gasteiger charge is 2.29. The van der Waals surface area contributed by atoms with Crippen LogP contribution in [0.1, 0.15) is 73.3 Å². The van der Waals surface area contributed by atoms with Gasteiger partial charge in [0.1, 0.15) is 5.60 Å². The molecule has 1 N–H and O–H groups in total. The van der Waals surface area contributed by atoms with Crippen LogP contribution in [-0.2, 0) is 22.6 Å². The van der Waals surface area contributed by atoms with Gasteiger partial charge < -0.3 is 24.6 Å². The molecule has 6 rings (SSSR count). The first-order valence-corrected chi connectivity index (χ1v) is 21.5. The quantitative estimate of drug-likeness (QED) is 0.104. The summed E-state index contributed by atoms with van der Waals surface area (Å²) < 4.78 is 14.6. The lowest BCUT2D eigenvalue weighted by Gasteiger charge is -2.29. The van der Waals surface area contributed by atoms with E-state index in [-0.39, 0.29) is 30.7 Å². The molecule has 0 radical (unpaired) electrons. The molecule has 1 aliphatic heterocycles. The van der Waals surface area contributed by atoms with E-state index in [0.29, 0.717) is 80.7 Å². The smallest absolute Gasteiger partial charge is 0.410 e. The Kier molecular flexibility index (Phi) is 14.3. The lowest BCUT2D eigenvalue weighted by atomic mass is 9.97. The van der Waals surface area contributed by atoms with Crippen molar-refractivity contribution in [3.63, 3.8) is 0 Å². The van der Waals surface area contributed by atoms with Crippen molar-refractivity contribution in [2.24, 2.45) is 11.8 Å². The first kappa shape index (κ1) is 44.6. The lowest BCUT2D eigenvalue weighted by molar-refractivity contribution is -0.119. The molecular weight excluding hydrogens is 801 g/mol. The van der Waals surface area contributed by atoms with Crippen molar-refractivity contribution >= 4 is 40.8 Å². The minimum Gasteiger partial charge on any atom is -0.481 e. The molecule has 3 aromatic heterocycles. The molecule has 4 heterocycles. The zero-order valence-corrected chi connectivity index (χ0v) is 37.4. The van der Waals surface area contributed by atoms with Gasteiger partial charge in [0, 0.05) is 78.2 Å². The number of rotatable bonds is 16. The zero-order chi connectivity index (χ0) is 43.3. The number of fused-ring (bicyclic) bond motifs is 1. The summed E-state index contributed by atoms with van der Waals surface area (Å²) in [7, 11) is 1.53. The second kappa shape index (κ2) is 19.2. The number of hydrogen-bond donors (Lipinski definition) is 1. The Hall–Kier alpha value is -4.91. The van der Waals surface area contributed by atoms with Gasteiger partial charge >= 0.3 is 11.8 Å². The molecule has 1 saturated heterocycles. The van der Waals surface area contributed by atoms with Gasteiger partial charge in [-0.15, -0.1) is 5.10 Å². The number of carbonyl (C=O) groups is 2. The third kappa shape index (κ3) is 10.9. The first-order valence-electron chi connectivity index (χ1n) is 20.7. The van der Waals surface area contributed by atoms with Crippen LogP contribution in [0.4, 0.5) is 4.79 Å². The van der Waals surface area contributed by atoms with Gasteiger partial charge in [0.05, 0.1) is 29.4 Å². The molecular formula is C46H57Cl2N7O5. The lowest BCUT2D eigenvalue weighted by Crippen LogP contribution is -2.43. The van der Waals surface area contributed by atoms with E-state index >= 15 is 0 Å². The van der Waals surface area contributed by atoms with Gasteiger partial charge in [-0.1, -0.05) is 87.3 Å². The standard InChI is InChI=1S/C46H57Cl2N7O5/c1-29(2)24-52(25-30(3)4)22-11-23-55-44(57)54-27-31(17-20-39(54)51-55)34-12-9-13-35(41(34)47)36-14-10-15-37(42(36)48)38-19-16-32(43(50-38)59-8)26-53(45(58)60-46(5,6)7)28-33-18-21-40(56)49-33/h9-10,12-17,19-20,27,29-30,33H,11,18,21-26,28H2,1-8H3,(H,49,56)/t33-/m0/s1. The minimum absolute atomic E-state index is 0.0335. The van der Waals surface area contributed by atoms with E-state index in [1.54, 1.807) is 20.2 Å². The molecule has 320 valence electrons. The van der Waals surface area contributed by atoms with Gasteiger partial charge in [-0.05, 0) is 76.3 Å². The fourth-order valence-corrected chi connectivity index (χ4v) is 8.35. The van der Waals surface area contributed by atoms with Crippen LogP contribution in [0.3, 0.4) is 0 Å². The van der Waals surface area contributed by atoms with Crippen LogP contribution < -0.4 is 15.7 Å². The van der Waals surface area contributed by atoms with E-state index in [4.69, 9.17) is 37.7 Å². The molecule has 60 heavy (non-hydrogen) atoms. The monoisotopic (exact) mass is 857 g/mol. The molecule has 2 amide bonds. The van der Waals surface area contributed by atoms with Crippen molar-refractivity contribution in [3.05, 3.63) is 93.0 Å².